The molecule has 3 rings (SSSR count). The van der Waals surface area contributed by atoms with E-state index in [0.717, 1.165) is 12.0 Å². The van der Waals surface area contributed by atoms with Crippen LogP contribution in [-0.2, 0) is 6.42 Å². The fraction of sp³-hybridized carbons (Fsp3) is 0.250. The molecule has 4 heteroatoms. The van der Waals surface area contributed by atoms with Crippen LogP contribution in [0.5, 0.6) is 0 Å². The molecule has 0 aliphatic heterocycles. The van der Waals surface area contributed by atoms with E-state index >= 15 is 0 Å². The summed E-state index contributed by atoms with van der Waals surface area (Å²) in [4.78, 5) is 0. The Morgan fingerprint density at radius 1 is 1.10 bits per heavy atom. The molecule has 0 heterocycles. The van der Waals surface area contributed by atoms with Gasteiger partial charge in [0.25, 0.3) is 0 Å². The van der Waals surface area contributed by atoms with Gasteiger partial charge in [-0.2, -0.15) is 0 Å². The van der Waals surface area contributed by atoms with Crippen LogP contribution in [0.4, 0.5) is 13.2 Å². The van der Waals surface area contributed by atoms with Crippen molar-refractivity contribution in [2.24, 2.45) is 0 Å². The molecule has 0 bridgehead atoms. The van der Waals surface area contributed by atoms with Crippen molar-refractivity contribution in [3.63, 3.8) is 0 Å². The molecule has 1 aliphatic rings. The molecule has 0 saturated heterocycles. The summed E-state index contributed by atoms with van der Waals surface area (Å²) in [5, 5.41) is 10.0. The summed E-state index contributed by atoms with van der Waals surface area (Å²) in [5.74, 6) is -2.97. The van der Waals surface area contributed by atoms with Crippen LogP contribution < -0.4 is 0 Å². The Morgan fingerprint density at radius 3 is 2.40 bits per heavy atom. The van der Waals surface area contributed by atoms with Gasteiger partial charge in [-0.1, -0.05) is 24.3 Å². The van der Waals surface area contributed by atoms with Crippen molar-refractivity contribution in [1.82, 2.24) is 0 Å². The van der Waals surface area contributed by atoms with E-state index in [2.05, 4.69) is 0 Å². The zero-order chi connectivity index (χ0) is 14.3. The van der Waals surface area contributed by atoms with Gasteiger partial charge in [0.2, 0.25) is 0 Å². The topological polar surface area (TPSA) is 20.2 Å². The van der Waals surface area contributed by atoms with Gasteiger partial charge in [0.05, 0.1) is 11.7 Å². The third-order valence-corrected chi connectivity index (χ3v) is 3.85. The van der Waals surface area contributed by atoms with Gasteiger partial charge in [0, 0.05) is 12.1 Å². The van der Waals surface area contributed by atoms with Crippen LogP contribution in [0.25, 0.3) is 0 Å². The quantitative estimate of drug-likeness (QED) is 0.903. The first-order valence-corrected chi connectivity index (χ1v) is 6.46. The third kappa shape index (κ3) is 2.20. The highest BCUT2D eigenvalue weighted by atomic mass is 19.1. The van der Waals surface area contributed by atoms with E-state index in [1.807, 2.05) is 24.3 Å². The van der Waals surface area contributed by atoms with Crippen LogP contribution in [0.15, 0.2) is 36.4 Å². The highest BCUT2D eigenvalue weighted by Crippen LogP contribution is 2.41. The molecule has 1 nitrogen and oxygen atoms in total. The highest BCUT2D eigenvalue weighted by molar-refractivity contribution is 5.40. The summed E-state index contributed by atoms with van der Waals surface area (Å²) >= 11 is 0. The van der Waals surface area contributed by atoms with Crippen molar-refractivity contribution in [3.05, 3.63) is 70.5 Å². The minimum absolute atomic E-state index is 0.0880. The molecule has 2 aromatic rings. The van der Waals surface area contributed by atoms with Crippen molar-refractivity contribution in [2.75, 3.05) is 0 Å². The maximum absolute atomic E-state index is 13.6. The number of rotatable bonds is 3. The van der Waals surface area contributed by atoms with Crippen molar-refractivity contribution < 1.29 is 18.3 Å². The number of benzene rings is 2. The third-order valence-electron chi connectivity index (χ3n) is 3.85. The lowest BCUT2D eigenvalue weighted by atomic mass is 9.74. The van der Waals surface area contributed by atoms with Crippen molar-refractivity contribution in [2.45, 2.75) is 24.9 Å². The van der Waals surface area contributed by atoms with E-state index in [4.69, 9.17) is 0 Å². The van der Waals surface area contributed by atoms with Crippen LogP contribution >= 0.6 is 0 Å². The molecule has 0 amide bonds. The summed E-state index contributed by atoms with van der Waals surface area (Å²) in [6, 6.07) is 8.97. The second-order valence-electron chi connectivity index (χ2n) is 5.13. The molecule has 0 saturated carbocycles. The smallest absolute Gasteiger partial charge is 0.134 e. The first kappa shape index (κ1) is 13.2. The predicted octanol–water partition coefficient (Wildman–Crippen LogP) is 3.87. The van der Waals surface area contributed by atoms with E-state index in [1.165, 1.54) is 5.56 Å². The number of aliphatic hydroxyl groups is 1. The second-order valence-corrected chi connectivity index (χ2v) is 5.13. The Morgan fingerprint density at radius 2 is 1.75 bits per heavy atom. The number of hydrogen-bond donors (Lipinski definition) is 1. The van der Waals surface area contributed by atoms with Gasteiger partial charge in [-0.25, -0.2) is 13.2 Å². The lowest BCUT2D eigenvalue weighted by molar-refractivity contribution is 0.144. The zero-order valence-electron chi connectivity index (χ0n) is 10.6. The Labute approximate surface area is 114 Å². The predicted molar refractivity (Wildman–Crippen MR) is 68.8 cm³/mol. The van der Waals surface area contributed by atoms with E-state index < -0.39 is 29.1 Å². The zero-order valence-corrected chi connectivity index (χ0v) is 10.6. The first-order chi connectivity index (χ1) is 9.56. The number of aliphatic hydroxyl groups excluding tert-OH is 1. The Balaban J connectivity index is 1.80. The molecule has 2 atom stereocenters. The summed E-state index contributed by atoms with van der Waals surface area (Å²) in [6.07, 6.45) is -0.248. The molecule has 0 radical (unpaired) electrons. The van der Waals surface area contributed by atoms with Crippen LogP contribution in [-0.4, -0.2) is 5.11 Å². The normalized spacial score (nSPS) is 18.3. The van der Waals surface area contributed by atoms with E-state index in [1.54, 1.807) is 0 Å². The van der Waals surface area contributed by atoms with Crippen molar-refractivity contribution >= 4 is 0 Å². The molecule has 20 heavy (non-hydrogen) atoms. The lowest BCUT2D eigenvalue weighted by Crippen LogP contribution is -2.20. The Hall–Kier alpha value is -1.81. The van der Waals surface area contributed by atoms with Crippen molar-refractivity contribution in [1.29, 1.82) is 0 Å². The molecule has 2 aromatic carbocycles. The number of fused-ring (bicyclic) bond motifs is 1. The highest BCUT2D eigenvalue weighted by Gasteiger charge is 2.30. The Kier molecular flexibility index (Phi) is 3.26. The molecule has 2 unspecified atom stereocenters. The summed E-state index contributed by atoms with van der Waals surface area (Å²) < 4.78 is 40.0. The summed E-state index contributed by atoms with van der Waals surface area (Å²) in [7, 11) is 0. The van der Waals surface area contributed by atoms with Gasteiger partial charge < -0.3 is 5.11 Å². The monoisotopic (exact) mass is 278 g/mol. The van der Waals surface area contributed by atoms with Crippen LogP contribution in [0.3, 0.4) is 0 Å². The van der Waals surface area contributed by atoms with Crippen molar-refractivity contribution in [3.8, 4) is 0 Å². The molecule has 0 aromatic heterocycles. The standard InChI is InChI=1S/C16H13F3O/c17-11-7-13(18)16(14(19)8-11)15(20)6-10-5-9-3-1-2-4-12(9)10/h1-4,7-8,10,15,20H,5-6H2. The van der Waals surface area contributed by atoms with Gasteiger partial charge in [-0.05, 0) is 29.9 Å². The van der Waals surface area contributed by atoms with Crippen LogP contribution in [0, 0.1) is 17.5 Å². The molecule has 1 N–H and O–H groups in total. The number of hydrogen-bond acceptors (Lipinski definition) is 1. The van der Waals surface area contributed by atoms with E-state index in [-0.39, 0.29) is 12.3 Å². The summed E-state index contributed by atoms with van der Waals surface area (Å²) in [5.41, 5.74) is 1.86. The van der Waals surface area contributed by atoms with Gasteiger partial charge in [-0.15, -0.1) is 0 Å². The number of halogens is 3. The largest absolute Gasteiger partial charge is 0.388 e. The van der Waals surface area contributed by atoms with E-state index in [9.17, 15) is 18.3 Å². The Bertz CT molecular complexity index is 631. The van der Waals surface area contributed by atoms with Gasteiger partial charge in [0.15, 0.2) is 0 Å². The van der Waals surface area contributed by atoms with Gasteiger partial charge in [0.1, 0.15) is 17.5 Å². The second kappa shape index (κ2) is 4.94. The molecule has 104 valence electrons. The molecular weight excluding hydrogens is 265 g/mol. The minimum Gasteiger partial charge on any atom is -0.388 e. The molecule has 0 fully saturated rings. The van der Waals surface area contributed by atoms with E-state index in [0.29, 0.717) is 12.1 Å². The van der Waals surface area contributed by atoms with Gasteiger partial charge in [-0.3, -0.25) is 0 Å². The van der Waals surface area contributed by atoms with Crippen LogP contribution in [0.1, 0.15) is 35.1 Å². The maximum atomic E-state index is 13.6. The summed E-state index contributed by atoms with van der Waals surface area (Å²) in [6.45, 7) is 0. The molecule has 1 aliphatic carbocycles. The van der Waals surface area contributed by atoms with Gasteiger partial charge >= 0.3 is 0 Å². The fourth-order valence-electron chi connectivity index (χ4n) is 2.83. The minimum atomic E-state index is -1.27. The van der Waals surface area contributed by atoms with Crippen LogP contribution in [0.2, 0.25) is 0 Å². The molecule has 0 spiro atoms. The SMILES string of the molecule is OC(CC1Cc2ccccc21)c1c(F)cc(F)cc1F. The fourth-order valence-corrected chi connectivity index (χ4v) is 2.83. The lowest BCUT2D eigenvalue weighted by Gasteiger charge is -2.31. The molecular formula is C16H13F3O. The average molecular weight is 278 g/mol. The maximum Gasteiger partial charge on any atom is 0.134 e. The first-order valence-electron chi connectivity index (χ1n) is 6.46. The average Bonchev–Trinajstić information content (AvgIpc) is 2.34.